The molecule has 0 radical (unpaired) electrons. The zero-order valence-electron chi connectivity index (χ0n) is 11.8. The molecule has 1 N–H and O–H groups in total. The van der Waals surface area contributed by atoms with Gasteiger partial charge in [-0.2, -0.15) is 0 Å². The van der Waals surface area contributed by atoms with Crippen LogP contribution in [-0.4, -0.2) is 28.8 Å². The molecule has 2 aliphatic rings. The van der Waals surface area contributed by atoms with Gasteiger partial charge in [-0.05, 0) is 25.0 Å². The summed E-state index contributed by atoms with van der Waals surface area (Å²) in [5.74, 6) is -0.759. The van der Waals surface area contributed by atoms with Crippen LogP contribution in [-0.2, 0) is 9.59 Å². The number of rotatable bonds is 3. The summed E-state index contributed by atoms with van der Waals surface area (Å²) in [7, 11) is 0. The molecule has 1 aliphatic carbocycles. The molecule has 0 aromatic heterocycles. The summed E-state index contributed by atoms with van der Waals surface area (Å²) in [5, 5.41) is 2.87. The number of nitrogens with one attached hydrogen (secondary N) is 1. The standard InChI is InChI=1S/C16H19FN2O2/c17-12-8-4-5-9-13(12)18-14-10-15(20)19(16(14)21)11-6-2-1-3-7-11/h4-5,8-9,11,14,18H,1-3,6-7,10H2. The SMILES string of the molecule is O=C1CC(Nc2ccccc2F)C(=O)N1C1CCCCC1. The average molecular weight is 290 g/mol. The van der Waals surface area contributed by atoms with Crippen molar-refractivity contribution in [2.24, 2.45) is 0 Å². The number of likely N-dealkylation sites (tertiary alicyclic amines) is 1. The van der Waals surface area contributed by atoms with Crippen LogP contribution in [0, 0.1) is 5.82 Å². The number of imide groups is 1. The number of para-hydroxylation sites is 1. The first-order valence-corrected chi connectivity index (χ1v) is 7.54. The minimum absolute atomic E-state index is 0.0335. The van der Waals surface area contributed by atoms with Crippen molar-refractivity contribution in [3.8, 4) is 0 Å². The molecule has 1 unspecified atom stereocenters. The molecule has 3 rings (SSSR count). The van der Waals surface area contributed by atoms with Gasteiger partial charge in [0.1, 0.15) is 11.9 Å². The van der Waals surface area contributed by atoms with Crippen molar-refractivity contribution in [1.82, 2.24) is 4.90 Å². The van der Waals surface area contributed by atoms with Crippen LogP contribution in [0.5, 0.6) is 0 Å². The molecule has 1 aromatic carbocycles. The molecule has 21 heavy (non-hydrogen) atoms. The van der Waals surface area contributed by atoms with E-state index in [9.17, 15) is 14.0 Å². The third-order valence-corrected chi connectivity index (χ3v) is 4.33. The zero-order chi connectivity index (χ0) is 14.8. The highest BCUT2D eigenvalue weighted by Gasteiger charge is 2.42. The van der Waals surface area contributed by atoms with Gasteiger partial charge in [0.15, 0.2) is 0 Å². The average Bonchev–Trinajstić information content (AvgIpc) is 2.77. The Balaban J connectivity index is 1.72. The molecular formula is C16H19FN2O2. The second-order valence-corrected chi connectivity index (χ2v) is 5.77. The van der Waals surface area contributed by atoms with Crippen LogP contribution < -0.4 is 5.32 Å². The first kappa shape index (κ1) is 14.0. The highest BCUT2D eigenvalue weighted by atomic mass is 19.1. The van der Waals surface area contributed by atoms with Gasteiger partial charge in [-0.1, -0.05) is 31.4 Å². The maximum absolute atomic E-state index is 13.6. The Morgan fingerprint density at radius 3 is 2.52 bits per heavy atom. The molecule has 1 saturated heterocycles. The van der Waals surface area contributed by atoms with Crippen molar-refractivity contribution in [2.45, 2.75) is 50.6 Å². The number of carbonyl (C=O) groups excluding carboxylic acids is 2. The van der Waals surface area contributed by atoms with Crippen LogP contribution in [0.1, 0.15) is 38.5 Å². The molecule has 1 atom stereocenters. The van der Waals surface area contributed by atoms with Crippen molar-refractivity contribution in [1.29, 1.82) is 0 Å². The molecule has 2 fully saturated rings. The van der Waals surface area contributed by atoms with E-state index in [4.69, 9.17) is 0 Å². The fourth-order valence-electron chi connectivity index (χ4n) is 3.25. The minimum atomic E-state index is -0.642. The number of halogens is 1. The molecule has 1 heterocycles. The van der Waals surface area contributed by atoms with Gasteiger partial charge in [-0.3, -0.25) is 14.5 Å². The van der Waals surface area contributed by atoms with E-state index in [1.54, 1.807) is 18.2 Å². The van der Waals surface area contributed by atoms with Gasteiger partial charge in [0.05, 0.1) is 12.1 Å². The number of carbonyl (C=O) groups is 2. The summed E-state index contributed by atoms with van der Waals surface area (Å²) in [6, 6.07) is 5.60. The second kappa shape index (κ2) is 5.84. The number of amides is 2. The Hall–Kier alpha value is -1.91. The predicted octanol–water partition coefficient (Wildman–Crippen LogP) is 2.70. The lowest BCUT2D eigenvalue weighted by molar-refractivity contribution is -0.141. The van der Waals surface area contributed by atoms with E-state index in [0.29, 0.717) is 0 Å². The van der Waals surface area contributed by atoms with Crippen LogP contribution in [0.2, 0.25) is 0 Å². The van der Waals surface area contributed by atoms with Crippen LogP contribution in [0.3, 0.4) is 0 Å². The molecule has 5 heteroatoms. The van der Waals surface area contributed by atoms with E-state index in [0.717, 1.165) is 25.7 Å². The monoisotopic (exact) mass is 290 g/mol. The summed E-state index contributed by atoms with van der Waals surface area (Å²) in [4.78, 5) is 26.0. The second-order valence-electron chi connectivity index (χ2n) is 5.77. The first-order chi connectivity index (χ1) is 10.2. The molecule has 0 bridgehead atoms. The molecule has 4 nitrogen and oxygen atoms in total. The maximum Gasteiger partial charge on any atom is 0.252 e. The number of hydrogen-bond acceptors (Lipinski definition) is 3. The summed E-state index contributed by atoms with van der Waals surface area (Å²) in [6.07, 6.45) is 5.20. The van der Waals surface area contributed by atoms with E-state index in [1.165, 1.54) is 17.4 Å². The van der Waals surface area contributed by atoms with Gasteiger partial charge in [-0.25, -0.2) is 4.39 Å². The van der Waals surface area contributed by atoms with Crippen LogP contribution in [0.4, 0.5) is 10.1 Å². The maximum atomic E-state index is 13.6. The van der Waals surface area contributed by atoms with Crippen molar-refractivity contribution in [3.05, 3.63) is 30.1 Å². The van der Waals surface area contributed by atoms with E-state index in [1.807, 2.05) is 0 Å². The Morgan fingerprint density at radius 1 is 1.10 bits per heavy atom. The van der Waals surface area contributed by atoms with Crippen molar-refractivity contribution >= 4 is 17.5 Å². The Bertz CT molecular complexity index is 555. The highest BCUT2D eigenvalue weighted by molar-refractivity contribution is 6.07. The highest BCUT2D eigenvalue weighted by Crippen LogP contribution is 2.28. The smallest absolute Gasteiger partial charge is 0.252 e. The lowest BCUT2D eigenvalue weighted by Crippen LogP contribution is -2.43. The van der Waals surface area contributed by atoms with E-state index in [-0.39, 0.29) is 30.0 Å². The molecule has 1 saturated carbocycles. The summed E-state index contributed by atoms with van der Waals surface area (Å²) in [6.45, 7) is 0. The van der Waals surface area contributed by atoms with E-state index < -0.39 is 11.9 Å². The third-order valence-electron chi connectivity index (χ3n) is 4.33. The summed E-state index contributed by atoms with van der Waals surface area (Å²) >= 11 is 0. The van der Waals surface area contributed by atoms with E-state index in [2.05, 4.69) is 5.32 Å². The molecule has 2 amide bonds. The van der Waals surface area contributed by atoms with Crippen molar-refractivity contribution in [2.75, 3.05) is 5.32 Å². The molecule has 1 aliphatic heterocycles. The molecule has 112 valence electrons. The number of nitrogens with zero attached hydrogens (tertiary/aromatic N) is 1. The topological polar surface area (TPSA) is 49.4 Å². The predicted molar refractivity (Wildman–Crippen MR) is 77.2 cm³/mol. The Morgan fingerprint density at radius 2 is 1.81 bits per heavy atom. The molecular weight excluding hydrogens is 271 g/mol. The fourth-order valence-corrected chi connectivity index (χ4v) is 3.25. The molecule has 1 aromatic rings. The van der Waals surface area contributed by atoms with Gasteiger partial charge in [0, 0.05) is 6.04 Å². The van der Waals surface area contributed by atoms with Gasteiger partial charge < -0.3 is 5.32 Å². The number of hydrogen-bond donors (Lipinski definition) is 1. The summed E-state index contributed by atoms with van der Waals surface area (Å²) < 4.78 is 13.6. The normalized spacial score (nSPS) is 23.7. The third kappa shape index (κ3) is 2.77. The lowest BCUT2D eigenvalue weighted by Gasteiger charge is -2.29. The quantitative estimate of drug-likeness (QED) is 0.871. The Kier molecular flexibility index (Phi) is 3.90. The van der Waals surface area contributed by atoms with Crippen molar-refractivity contribution < 1.29 is 14.0 Å². The van der Waals surface area contributed by atoms with Gasteiger partial charge in [-0.15, -0.1) is 0 Å². The fraction of sp³-hybridized carbons (Fsp3) is 0.500. The van der Waals surface area contributed by atoms with Crippen LogP contribution in [0.25, 0.3) is 0 Å². The van der Waals surface area contributed by atoms with Crippen LogP contribution in [0.15, 0.2) is 24.3 Å². The number of anilines is 1. The van der Waals surface area contributed by atoms with Gasteiger partial charge in [0.25, 0.3) is 5.91 Å². The van der Waals surface area contributed by atoms with Gasteiger partial charge in [0.2, 0.25) is 5.91 Å². The van der Waals surface area contributed by atoms with Crippen molar-refractivity contribution in [3.63, 3.8) is 0 Å². The minimum Gasteiger partial charge on any atom is -0.371 e. The molecule has 0 spiro atoms. The van der Waals surface area contributed by atoms with Crippen LogP contribution >= 0.6 is 0 Å². The number of benzene rings is 1. The zero-order valence-corrected chi connectivity index (χ0v) is 11.8. The largest absolute Gasteiger partial charge is 0.371 e. The first-order valence-electron chi connectivity index (χ1n) is 7.54. The van der Waals surface area contributed by atoms with E-state index >= 15 is 0 Å². The summed E-state index contributed by atoms with van der Waals surface area (Å²) in [5.41, 5.74) is 0.272. The Labute approximate surface area is 123 Å². The lowest BCUT2D eigenvalue weighted by atomic mass is 9.94. The van der Waals surface area contributed by atoms with Gasteiger partial charge >= 0.3 is 0 Å².